The zero-order valence-electron chi connectivity index (χ0n) is 11.0. The summed E-state index contributed by atoms with van der Waals surface area (Å²) in [6.07, 6.45) is 2.16. The number of thioether (sulfide) groups is 1. The first-order valence-electron chi connectivity index (χ1n) is 5.92. The van der Waals surface area contributed by atoms with Crippen LogP contribution in [-0.4, -0.2) is 27.4 Å². The van der Waals surface area contributed by atoms with Gasteiger partial charge in [0.25, 0.3) is 5.22 Å². The smallest absolute Gasteiger partial charge is 0.323 e. The van der Waals surface area contributed by atoms with Crippen LogP contribution in [-0.2, 0) is 4.79 Å². The minimum absolute atomic E-state index is 0.479. The Bertz CT molecular complexity index is 396. The zero-order chi connectivity index (χ0) is 13.8. The number of nitrogens with two attached hydrogens (primary N) is 1. The highest BCUT2D eigenvalue weighted by Gasteiger charge is 2.26. The standard InChI is InChI=1S/C12H20N2O3S/c1-8-9(2)17-11(14-8)18-7-5-4-6-12(3,13)10(15)16/h4-7,13H2,1-3H3,(H,15,16). The van der Waals surface area contributed by atoms with Gasteiger partial charge < -0.3 is 15.3 Å². The van der Waals surface area contributed by atoms with Crippen molar-refractivity contribution in [3.05, 3.63) is 11.5 Å². The number of unbranched alkanes of at least 4 members (excludes halogenated alkanes) is 1. The summed E-state index contributed by atoms with van der Waals surface area (Å²) in [6.45, 7) is 5.35. The fraction of sp³-hybridized carbons (Fsp3) is 0.667. The van der Waals surface area contributed by atoms with Gasteiger partial charge >= 0.3 is 5.97 Å². The predicted octanol–water partition coefficient (Wildman–Crippen LogP) is 2.36. The Morgan fingerprint density at radius 2 is 2.17 bits per heavy atom. The quantitative estimate of drug-likeness (QED) is 0.585. The van der Waals surface area contributed by atoms with Crippen LogP contribution in [0.25, 0.3) is 0 Å². The number of aromatic nitrogens is 1. The largest absolute Gasteiger partial charge is 0.480 e. The summed E-state index contributed by atoms with van der Waals surface area (Å²) < 4.78 is 5.43. The van der Waals surface area contributed by atoms with Crippen LogP contribution in [0.3, 0.4) is 0 Å². The molecule has 1 atom stereocenters. The maximum atomic E-state index is 10.8. The number of nitrogens with zero attached hydrogens (tertiary/aromatic N) is 1. The van der Waals surface area contributed by atoms with Gasteiger partial charge in [0.15, 0.2) is 0 Å². The van der Waals surface area contributed by atoms with Gasteiger partial charge in [-0.3, -0.25) is 4.79 Å². The molecule has 0 aliphatic carbocycles. The Labute approximate surface area is 111 Å². The third-order valence-corrected chi connectivity index (χ3v) is 3.73. The molecule has 1 heterocycles. The first-order valence-corrected chi connectivity index (χ1v) is 6.90. The van der Waals surface area contributed by atoms with E-state index >= 15 is 0 Å². The van der Waals surface area contributed by atoms with Crippen LogP contribution >= 0.6 is 11.8 Å². The molecule has 0 aromatic carbocycles. The Morgan fingerprint density at radius 1 is 1.50 bits per heavy atom. The lowest BCUT2D eigenvalue weighted by molar-refractivity contribution is -0.142. The first kappa shape index (κ1) is 15.0. The number of hydrogen-bond acceptors (Lipinski definition) is 5. The van der Waals surface area contributed by atoms with Crippen LogP contribution in [0.4, 0.5) is 0 Å². The minimum Gasteiger partial charge on any atom is -0.480 e. The van der Waals surface area contributed by atoms with Crippen molar-refractivity contribution in [1.29, 1.82) is 0 Å². The highest BCUT2D eigenvalue weighted by molar-refractivity contribution is 7.99. The molecule has 0 aliphatic rings. The molecule has 0 saturated carbocycles. The lowest BCUT2D eigenvalue weighted by Gasteiger charge is -2.18. The molecule has 1 unspecified atom stereocenters. The van der Waals surface area contributed by atoms with Gasteiger partial charge in [-0.25, -0.2) is 4.98 Å². The van der Waals surface area contributed by atoms with Crippen LogP contribution in [0.5, 0.6) is 0 Å². The molecule has 0 spiro atoms. The third kappa shape index (κ3) is 4.34. The number of aliphatic carboxylic acids is 1. The van der Waals surface area contributed by atoms with Crippen molar-refractivity contribution >= 4 is 17.7 Å². The van der Waals surface area contributed by atoms with Crippen LogP contribution in [0, 0.1) is 13.8 Å². The maximum Gasteiger partial charge on any atom is 0.323 e. The molecular weight excluding hydrogens is 252 g/mol. The lowest BCUT2D eigenvalue weighted by atomic mass is 9.97. The summed E-state index contributed by atoms with van der Waals surface area (Å²) in [5.41, 5.74) is 5.43. The van der Waals surface area contributed by atoms with Gasteiger partial charge in [-0.2, -0.15) is 0 Å². The topological polar surface area (TPSA) is 89.3 Å². The highest BCUT2D eigenvalue weighted by atomic mass is 32.2. The summed E-state index contributed by atoms with van der Waals surface area (Å²) in [4.78, 5) is 15.1. The van der Waals surface area contributed by atoms with Gasteiger partial charge in [0.2, 0.25) is 0 Å². The molecule has 0 fully saturated rings. The number of carboxylic acid groups (broad SMARTS) is 1. The maximum absolute atomic E-state index is 10.8. The molecule has 1 aromatic heterocycles. The normalized spacial score (nSPS) is 14.4. The van der Waals surface area contributed by atoms with E-state index in [1.165, 1.54) is 0 Å². The number of carbonyl (C=O) groups is 1. The average molecular weight is 272 g/mol. The van der Waals surface area contributed by atoms with Crippen molar-refractivity contribution in [2.75, 3.05) is 5.75 Å². The number of aryl methyl sites for hydroxylation is 2. The molecule has 5 nitrogen and oxygen atoms in total. The van der Waals surface area contributed by atoms with Gasteiger partial charge in [-0.05, 0) is 33.6 Å². The Kier molecular flexibility index (Phi) is 5.22. The zero-order valence-corrected chi connectivity index (χ0v) is 11.8. The summed E-state index contributed by atoms with van der Waals surface area (Å²) >= 11 is 1.55. The van der Waals surface area contributed by atoms with Crippen molar-refractivity contribution in [3.8, 4) is 0 Å². The van der Waals surface area contributed by atoms with Gasteiger partial charge in [0, 0.05) is 5.75 Å². The molecule has 0 bridgehead atoms. The average Bonchev–Trinajstić information content (AvgIpc) is 2.57. The van der Waals surface area contributed by atoms with E-state index in [0.29, 0.717) is 11.6 Å². The summed E-state index contributed by atoms with van der Waals surface area (Å²) in [5.74, 6) is 0.752. The molecule has 1 rings (SSSR count). The molecule has 1 aromatic rings. The Hall–Kier alpha value is -1.01. The van der Waals surface area contributed by atoms with E-state index in [0.717, 1.165) is 30.0 Å². The fourth-order valence-electron chi connectivity index (χ4n) is 1.37. The second-order valence-corrected chi connectivity index (χ2v) is 5.70. The number of oxazole rings is 1. The molecule has 0 saturated heterocycles. The molecule has 0 radical (unpaired) electrons. The van der Waals surface area contributed by atoms with Crippen molar-refractivity contribution in [1.82, 2.24) is 4.98 Å². The molecular formula is C12H20N2O3S. The number of hydrogen-bond donors (Lipinski definition) is 2. The van der Waals surface area contributed by atoms with Crippen molar-refractivity contribution in [2.24, 2.45) is 5.73 Å². The number of rotatable bonds is 7. The predicted molar refractivity (Wildman–Crippen MR) is 70.8 cm³/mol. The summed E-state index contributed by atoms with van der Waals surface area (Å²) in [6, 6.07) is 0. The van der Waals surface area contributed by atoms with Gasteiger partial charge in [-0.1, -0.05) is 18.2 Å². The molecule has 0 amide bonds. The van der Waals surface area contributed by atoms with E-state index in [1.54, 1.807) is 18.7 Å². The van der Waals surface area contributed by atoms with Crippen molar-refractivity contribution < 1.29 is 14.3 Å². The van der Waals surface area contributed by atoms with E-state index < -0.39 is 11.5 Å². The van der Waals surface area contributed by atoms with E-state index in [9.17, 15) is 4.79 Å². The van der Waals surface area contributed by atoms with E-state index in [4.69, 9.17) is 15.3 Å². The summed E-state index contributed by atoms with van der Waals surface area (Å²) in [5, 5.41) is 9.53. The van der Waals surface area contributed by atoms with Gasteiger partial charge in [0.1, 0.15) is 11.3 Å². The molecule has 0 aliphatic heterocycles. The van der Waals surface area contributed by atoms with Gasteiger partial charge in [0.05, 0.1) is 5.69 Å². The van der Waals surface area contributed by atoms with E-state index in [2.05, 4.69) is 4.98 Å². The molecule has 6 heteroatoms. The van der Waals surface area contributed by atoms with Crippen molar-refractivity contribution in [3.63, 3.8) is 0 Å². The lowest BCUT2D eigenvalue weighted by Crippen LogP contribution is -2.44. The number of carboxylic acids is 1. The molecule has 3 N–H and O–H groups in total. The molecule has 102 valence electrons. The minimum atomic E-state index is -1.12. The van der Waals surface area contributed by atoms with E-state index in [1.807, 2.05) is 13.8 Å². The second kappa shape index (κ2) is 6.24. The fourth-order valence-corrected chi connectivity index (χ4v) is 2.27. The van der Waals surface area contributed by atoms with Crippen LogP contribution in [0.15, 0.2) is 9.64 Å². The van der Waals surface area contributed by atoms with Crippen LogP contribution in [0.2, 0.25) is 0 Å². The van der Waals surface area contributed by atoms with Crippen LogP contribution in [0.1, 0.15) is 37.6 Å². The first-order chi connectivity index (χ1) is 8.33. The summed E-state index contributed by atoms with van der Waals surface area (Å²) in [7, 11) is 0. The van der Waals surface area contributed by atoms with E-state index in [-0.39, 0.29) is 0 Å². The van der Waals surface area contributed by atoms with Crippen LogP contribution < -0.4 is 5.73 Å². The third-order valence-electron chi connectivity index (χ3n) is 2.81. The Morgan fingerprint density at radius 3 is 2.67 bits per heavy atom. The monoisotopic (exact) mass is 272 g/mol. The second-order valence-electron chi connectivity index (χ2n) is 4.65. The van der Waals surface area contributed by atoms with Crippen molar-refractivity contribution in [2.45, 2.75) is 50.8 Å². The van der Waals surface area contributed by atoms with Gasteiger partial charge in [-0.15, -0.1) is 0 Å². The highest BCUT2D eigenvalue weighted by Crippen LogP contribution is 2.22. The molecule has 18 heavy (non-hydrogen) atoms. The SMILES string of the molecule is Cc1nc(SCCCCC(C)(N)C(=O)O)oc1C. The Balaban J connectivity index is 2.22.